The lowest BCUT2D eigenvalue weighted by molar-refractivity contribution is 0.0803. The SMILES string of the molecule is CN(C)C(=O)c1c(C(N)=O)nc2n1C1CC(C1)c1ccc(Br)cc1-2. The molecule has 2 bridgehead atoms. The summed E-state index contributed by atoms with van der Waals surface area (Å²) in [5.41, 5.74) is 8.06. The number of halogens is 1. The Morgan fingerprint density at radius 1 is 1.33 bits per heavy atom. The zero-order valence-corrected chi connectivity index (χ0v) is 15.0. The van der Waals surface area contributed by atoms with Gasteiger partial charge >= 0.3 is 0 Å². The fourth-order valence-corrected chi connectivity index (χ4v) is 4.06. The third-order valence-corrected chi connectivity index (χ3v) is 5.42. The number of carbonyl (C=O) groups is 2. The van der Waals surface area contributed by atoms with Gasteiger partial charge in [0.15, 0.2) is 5.69 Å². The molecule has 0 atom stereocenters. The zero-order valence-electron chi connectivity index (χ0n) is 13.4. The molecule has 2 N–H and O–H groups in total. The van der Waals surface area contributed by atoms with Gasteiger partial charge in [0.2, 0.25) is 0 Å². The first-order valence-electron chi connectivity index (χ1n) is 7.82. The Balaban J connectivity index is 2.04. The monoisotopic (exact) mass is 388 g/mol. The van der Waals surface area contributed by atoms with Crippen molar-refractivity contribution in [2.75, 3.05) is 14.1 Å². The minimum atomic E-state index is -0.673. The highest BCUT2D eigenvalue weighted by Gasteiger charge is 2.42. The highest BCUT2D eigenvalue weighted by molar-refractivity contribution is 9.10. The summed E-state index contributed by atoms with van der Waals surface area (Å²) in [5, 5.41) is 0. The molecule has 24 heavy (non-hydrogen) atoms. The van der Waals surface area contributed by atoms with Crippen LogP contribution in [0.1, 0.15) is 51.3 Å². The summed E-state index contributed by atoms with van der Waals surface area (Å²) >= 11 is 3.50. The van der Waals surface area contributed by atoms with E-state index in [0.717, 1.165) is 22.9 Å². The summed E-state index contributed by atoms with van der Waals surface area (Å²) in [6.45, 7) is 0. The zero-order chi connectivity index (χ0) is 17.2. The Morgan fingerprint density at radius 2 is 2.04 bits per heavy atom. The molecule has 1 aliphatic carbocycles. The van der Waals surface area contributed by atoms with E-state index in [0.29, 0.717) is 17.4 Å². The molecule has 0 spiro atoms. The van der Waals surface area contributed by atoms with Crippen molar-refractivity contribution in [3.05, 3.63) is 39.6 Å². The van der Waals surface area contributed by atoms with Crippen LogP contribution in [0, 0.1) is 0 Å². The van der Waals surface area contributed by atoms with Gasteiger partial charge in [-0.05, 0) is 36.5 Å². The molecule has 0 radical (unpaired) electrons. The molecule has 1 fully saturated rings. The minimum Gasteiger partial charge on any atom is -0.364 e. The molecule has 6 nitrogen and oxygen atoms in total. The summed E-state index contributed by atoms with van der Waals surface area (Å²) in [7, 11) is 3.33. The molecule has 1 aromatic heterocycles. The van der Waals surface area contributed by atoms with Gasteiger partial charge in [-0.1, -0.05) is 22.0 Å². The fraction of sp³-hybridized carbons (Fsp3) is 0.353. The smallest absolute Gasteiger partial charge is 0.272 e. The maximum atomic E-state index is 12.7. The van der Waals surface area contributed by atoms with E-state index in [2.05, 4.69) is 27.0 Å². The number of imidazole rings is 1. The number of benzene rings is 1. The Morgan fingerprint density at radius 3 is 2.67 bits per heavy atom. The summed E-state index contributed by atoms with van der Waals surface area (Å²) < 4.78 is 2.87. The van der Waals surface area contributed by atoms with Crippen molar-refractivity contribution in [2.45, 2.75) is 24.8 Å². The normalized spacial score (nSPS) is 20.5. The lowest BCUT2D eigenvalue weighted by Crippen LogP contribution is -2.31. The molecule has 3 heterocycles. The summed E-state index contributed by atoms with van der Waals surface area (Å²) in [6.07, 6.45) is 1.90. The number of primary amides is 1. The molecule has 2 aromatic rings. The average Bonchev–Trinajstić information content (AvgIpc) is 2.75. The molecular formula is C17H17BrN4O2. The molecule has 0 unspecified atom stereocenters. The van der Waals surface area contributed by atoms with Gasteiger partial charge in [0.05, 0.1) is 0 Å². The van der Waals surface area contributed by atoms with E-state index in [1.807, 2.05) is 16.7 Å². The number of nitrogens with two attached hydrogens (primary N) is 1. The standard InChI is InChI=1S/C17H17BrN4O2/c1-21(2)17(24)14-13(15(19)23)20-16-12-7-9(18)3-4-11(12)8-5-10(6-8)22(14)16/h3-4,7-8,10H,5-6H2,1-2H3,(H2,19,23). The van der Waals surface area contributed by atoms with Crippen LogP contribution >= 0.6 is 15.9 Å². The first kappa shape index (κ1) is 15.4. The van der Waals surface area contributed by atoms with E-state index in [4.69, 9.17) is 5.73 Å². The first-order valence-corrected chi connectivity index (χ1v) is 8.61. The molecule has 124 valence electrons. The maximum Gasteiger partial charge on any atom is 0.272 e. The van der Waals surface area contributed by atoms with Crippen LogP contribution in [0.15, 0.2) is 22.7 Å². The predicted octanol–water partition coefficient (Wildman–Crippen LogP) is 2.55. The van der Waals surface area contributed by atoms with Gasteiger partial charge in [-0.25, -0.2) is 4.98 Å². The Bertz CT molecular complexity index is 881. The molecule has 1 saturated carbocycles. The van der Waals surface area contributed by atoms with Gasteiger partial charge in [-0.2, -0.15) is 0 Å². The van der Waals surface area contributed by atoms with E-state index in [-0.39, 0.29) is 17.6 Å². The number of amides is 2. The van der Waals surface area contributed by atoms with E-state index in [1.54, 1.807) is 14.1 Å². The number of hydrogen-bond acceptors (Lipinski definition) is 3. The predicted molar refractivity (Wildman–Crippen MR) is 92.9 cm³/mol. The fourth-order valence-electron chi connectivity index (χ4n) is 3.70. The van der Waals surface area contributed by atoms with Gasteiger partial charge in [-0.15, -0.1) is 0 Å². The average molecular weight is 389 g/mol. The highest BCUT2D eigenvalue weighted by atomic mass is 79.9. The minimum absolute atomic E-state index is 0.0555. The van der Waals surface area contributed by atoms with Crippen molar-refractivity contribution in [3.63, 3.8) is 0 Å². The largest absolute Gasteiger partial charge is 0.364 e. The molecule has 3 aliphatic rings. The first-order chi connectivity index (χ1) is 11.4. The van der Waals surface area contributed by atoms with Gasteiger partial charge in [0.1, 0.15) is 11.5 Å². The van der Waals surface area contributed by atoms with Crippen molar-refractivity contribution in [2.24, 2.45) is 5.73 Å². The van der Waals surface area contributed by atoms with Crippen LogP contribution in [-0.4, -0.2) is 40.4 Å². The molecule has 7 heteroatoms. The van der Waals surface area contributed by atoms with Crippen LogP contribution in [-0.2, 0) is 0 Å². The van der Waals surface area contributed by atoms with Gasteiger partial charge < -0.3 is 15.2 Å². The third kappa shape index (κ3) is 2.04. The number of nitrogens with zero attached hydrogens (tertiary/aromatic N) is 3. The molecule has 2 amide bonds. The lowest BCUT2D eigenvalue weighted by atomic mass is 9.75. The number of rotatable bonds is 2. The number of aromatic nitrogens is 2. The lowest BCUT2D eigenvalue weighted by Gasteiger charge is -2.35. The van der Waals surface area contributed by atoms with Crippen LogP contribution < -0.4 is 5.73 Å². The van der Waals surface area contributed by atoms with Crippen LogP contribution in [0.4, 0.5) is 0 Å². The van der Waals surface area contributed by atoms with Crippen molar-refractivity contribution < 1.29 is 9.59 Å². The van der Waals surface area contributed by atoms with Crippen molar-refractivity contribution >= 4 is 27.7 Å². The Labute approximate surface area is 147 Å². The summed E-state index contributed by atoms with van der Waals surface area (Å²) in [6, 6.07) is 6.30. The Hall–Kier alpha value is -2.15. The highest BCUT2D eigenvalue weighted by Crippen LogP contribution is 2.53. The maximum absolute atomic E-state index is 12.7. The van der Waals surface area contributed by atoms with Crippen molar-refractivity contribution in [1.82, 2.24) is 14.5 Å². The summed E-state index contributed by atoms with van der Waals surface area (Å²) in [5.74, 6) is 0.215. The molecule has 2 aliphatic heterocycles. The topological polar surface area (TPSA) is 81.2 Å². The second-order valence-electron chi connectivity index (χ2n) is 6.62. The van der Waals surface area contributed by atoms with Gasteiger partial charge in [0, 0.05) is 30.2 Å². The number of hydrogen-bond donors (Lipinski definition) is 1. The number of carbonyl (C=O) groups excluding carboxylic acids is 2. The quantitative estimate of drug-likeness (QED) is 0.857. The van der Waals surface area contributed by atoms with Gasteiger partial charge in [-0.3, -0.25) is 9.59 Å². The van der Waals surface area contributed by atoms with Crippen LogP contribution in [0.2, 0.25) is 0 Å². The second-order valence-corrected chi connectivity index (χ2v) is 7.54. The molecule has 5 rings (SSSR count). The summed E-state index contributed by atoms with van der Waals surface area (Å²) in [4.78, 5) is 30.6. The second kappa shape index (κ2) is 5.17. The Kier molecular flexibility index (Phi) is 3.32. The van der Waals surface area contributed by atoms with E-state index < -0.39 is 5.91 Å². The van der Waals surface area contributed by atoms with Gasteiger partial charge in [0.25, 0.3) is 11.8 Å². The third-order valence-electron chi connectivity index (χ3n) is 4.93. The molecular weight excluding hydrogens is 372 g/mol. The van der Waals surface area contributed by atoms with Crippen LogP contribution in [0.5, 0.6) is 0 Å². The van der Waals surface area contributed by atoms with Crippen LogP contribution in [0.25, 0.3) is 11.4 Å². The molecule has 0 saturated heterocycles. The molecule has 1 aromatic carbocycles. The van der Waals surface area contributed by atoms with Crippen LogP contribution in [0.3, 0.4) is 0 Å². The van der Waals surface area contributed by atoms with Crippen molar-refractivity contribution in [3.8, 4) is 11.4 Å². The van der Waals surface area contributed by atoms with E-state index in [9.17, 15) is 9.59 Å². The van der Waals surface area contributed by atoms with Crippen molar-refractivity contribution in [1.29, 1.82) is 0 Å². The van der Waals surface area contributed by atoms with E-state index in [1.165, 1.54) is 10.5 Å². The van der Waals surface area contributed by atoms with E-state index >= 15 is 0 Å².